The quantitative estimate of drug-likeness (QED) is 0.0531. The number of amides is 8. The van der Waals surface area contributed by atoms with Crippen molar-refractivity contribution >= 4 is 68.8 Å². The van der Waals surface area contributed by atoms with Crippen LogP contribution in [-0.2, 0) is 26.2 Å². The Balaban J connectivity index is 0.000000382. The van der Waals surface area contributed by atoms with E-state index in [2.05, 4.69) is 19.9 Å². The molecule has 80 heavy (non-hydrogen) atoms. The minimum atomic E-state index is -0.402. The molecule has 8 aromatic rings. The molecule has 24 nitrogen and oxygen atoms in total. The van der Waals surface area contributed by atoms with Gasteiger partial charge in [0.1, 0.15) is 49.6 Å². The van der Waals surface area contributed by atoms with Crippen LogP contribution in [0.5, 0.6) is 0 Å². The first-order chi connectivity index (χ1) is 35.1. The highest BCUT2D eigenvalue weighted by Gasteiger charge is 2.41. The number of nitrogens with one attached hydrogen (secondary N) is 4. The summed E-state index contributed by atoms with van der Waals surface area (Å²) in [5.41, 5.74) is 2.76. The highest BCUT2D eigenvalue weighted by Crippen LogP contribution is 2.39. The van der Waals surface area contributed by atoms with Crippen molar-refractivity contribution in [1.29, 1.82) is 0 Å². The van der Waals surface area contributed by atoms with Crippen molar-refractivity contribution in [1.82, 2.24) is 39.5 Å². The molecule has 0 saturated carbocycles. The highest BCUT2D eigenvalue weighted by atomic mass is 79.9. The molecule has 0 atom stereocenters. The Kier molecular flexibility index (Phi) is 23.5. The summed E-state index contributed by atoms with van der Waals surface area (Å²) in [5, 5.41) is 1.61. The first-order valence-corrected chi connectivity index (χ1v) is 23.8. The number of benzene rings is 4. The Morgan fingerprint density at radius 2 is 0.450 bits per heavy atom. The summed E-state index contributed by atoms with van der Waals surface area (Å²) >= 11 is 0. The second-order valence-electron chi connectivity index (χ2n) is 18.0. The maximum atomic E-state index is 13.3. The predicted octanol–water partition coefficient (Wildman–Crippen LogP) is -12.4. The Labute approximate surface area is 497 Å². The van der Waals surface area contributed by atoms with E-state index in [1.807, 2.05) is 68.4 Å². The van der Waals surface area contributed by atoms with Crippen LogP contribution >= 0.6 is 0 Å². The molecule has 28 heteroatoms. The molecule has 12 N–H and O–H groups in total. The van der Waals surface area contributed by atoms with Crippen LogP contribution in [0.4, 0.5) is 0 Å². The Bertz CT molecular complexity index is 2940. The molecular weight excluding hydrogens is 1300 g/mol. The first-order valence-electron chi connectivity index (χ1n) is 23.8. The van der Waals surface area contributed by atoms with Gasteiger partial charge in [-0.1, -0.05) is 0 Å². The lowest BCUT2D eigenvalue weighted by molar-refractivity contribution is -0.696. The van der Waals surface area contributed by atoms with Crippen LogP contribution in [0.1, 0.15) is 109 Å². The molecule has 0 fully saturated rings. The monoisotopic (exact) mass is 1360 g/mol. The van der Waals surface area contributed by atoms with E-state index in [4.69, 9.17) is 0 Å². The molecule has 4 aromatic heterocycles. The summed E-state index contributed by atoms with van der Waals surface area (Å²) in [6, 6.07) is 12.9. The first kappa shape index (κ1) is 66.8. The van der Waals surface area contributed by atoms with Crippen molar-refractivity contribution in [2.24, 2.45) is 0 Å². The van der Waals surface area contributed by atoms with Gasteiger partial charge < -0.3 is 89.8 Å². The second-order valence-corrected chi connectivity index (χ2v) is 18.0. The average molecular weight is 1360 g/mol. The normalized spacial score (nSPS) is 13.4. The summed E-state index contributed by atoms with van der Waals surface area (Å²) in [4.78, 5) is 123. The lowest BCUT2D eigenvalue weighted by atomic mass is 9.86. The molecule has 0 bridgehead atoms. The van der Waals surface area contributed by atoms with Gasteiger partial charge in [-0.15, -0.1) is 0 Å². The third kappa shape index (κ3) is 12.0. The number of hydrogen-bond acceptors (Lipinski definition) is 8. The van der Waals surface area contributed by atoms with E-state index in [-0.39, 0.29) is 116 Å². The molecule has 4 aliphatic rings. The molecular formula is C52H56Br4N12O12. The van der Waals surface area contributed by atoms with Crippen molar-refractivity contribution < 1.29 is 146 Å². The summed E-state index contributed by atoms with van der Waals surface area (Å²) in [6.45, 7) is 3.70. The van der Waals surface area contributed by atoms with Crippen LogP contribution in [0.15, 0.2) is 123 Å². The number of rotatable bonds is 16. The van der Waals surface area contributed by atoms with E-state index in [0.717, 1.165) is 0 Å². The van der Waals surface area contributed by atoms with Crippen LogP contribution in [-0.4, -0.2) is 135 Å². The van der Waals surface area contributed by atoms with Gasteiger partial charge in [0.15, 0.2) is 0 Å². The number of imide groups is 4. The van der Waals surface area contributed by atoms with Crippen molar-refractivity contribution in [2.75, 3.05) is 26.2 Å². The maximum Gasteiger partial charge on any atom is 0.261 e. The zero-order valence-electron chi connectivity index (χ0n) is 42.4. The summed E-state index contributed by atoms with van der Waals surface area (Å²) in [6.07, 6.45) is 24.4. The van der Waals surface area contributed by atoms with Gasteiger partial charge in [0.25, 0.3) is 47.3 Å². The van der Waals surface area contributed by atoms with Crippen molar-refractivity contribution in [3.05, 3.63) is 168 Å². The van der Waals surface area contributed by atoms with Crippen molar-refractivity contribution in [3.8, 4) is 0 Å². The number of aromatic nitrogens is 8. The maximum absolute atomic E-state index is 13.3. The van der Waals surface area contributed by atoms with E-state index >= 15 is 0 Å². The molecule has 4 aliphatic heterocycles. The number of H-pyrrole nitrogens is 4. The fourth-order valence-corrected chi connectivity index (χ4v) is 10.2. The molecule has 424 valence electrons. The van der Waals surface area contributed by atoms with Gasteiger partial charge in [-0.2, -0.15) is 0 Å². The molecule has 0 unspecified atom stereocenters. The fourth-order valence-electron chi connectivity index (χ4n) is 10.2. The van der Waals surface area contributed by atoms with Gasteiger partial charge in [0, 0.05) is 118 Å². The predicted molar refractivity (Wildman–Crippen MR) is 266 cm³/mol. The number of carbonyl (C=O) groups excluding carboxylic acids is 8. The zero-order valence-corrected chi connectivity index (χ0v) is 48.7. The molecule has 0 saturated heterocycles. The van der Waals surface area contributed by atoms with E-state index < -0.39 is 47.3 Å². The summed E-state index contributed by atoms with van der Waals surface area (Å²) < 4.78 is 7.77. The van der Waals surface area contributed by atoms with Crippen molar-refractivity contribution in [2.45, 2.75) is 51.9 Å². The summed E-state index contributed by atoms with van der Waals surface area (Å²) in [7, 11) is 0. The van der Waals surface area contributed by atoms with Gasteiger partial charge in [-0.25, -0.2) is 18.3 Å². The van der Waals surface area contributed by atoms with Crippen LogP contribution in [0, 0.1) is 0 Å². The third-order valence-electron chi connectivity index (χ3n) is 13.7. The largest absolute Gasteiger partial charge is 1.00 e. The molecule has 8 heterocycles. The standard InChI is InChI=1S/2C26H22N6O4.4BrH.4H2O/c2*33-23-17-3-5-19-22-20(26(36)32(25(19)35)12-2-10-30-14-8-28-16-30)6-4-18(21(17)22)24(34)31(23)11-1-9-29-13-7-27-15-29;;;;;;;;/h2*3-8,13-16H,1-2,9-12H2;4*1H;4*1H2. The van der Waals surface area contributed by atoms with Crippen LogP contribution in [0.2, 0.25) is 0 Å². The molecule has 0 spiro atoms. The Morgan fingerprint density at radius 3 is 0.588 bits per heavy atom. The lowest BCUT2D eigenvalue weighted by Crippen LogP contribution is -3.00. The number of aromatic amines is 4. The third-order valence-corrected chi connectivity index (χ3v) is 13.7. The number of nitrogens with zero attached hydrogens (tertiary/aromatic N) is 8. The van der Waals surface area contributed by atoms with E-state index in [9.17, 15) is 38.4 Å². The van der Waals surface area contributed by atoms with Gasteiger partial charge in [0.2, 0.25) is 25.3 Å². The van der Waals surface area contributed by atoms with Crippen LogP contribution < -0.4 is 86.2 Å². The molecule has 0 aliphatic carbocycles. The number of aryl methyl sites for hydroxylation is 4. The highest BCUT2D eigenvalue weighted by molar-refractivity contribution is 6.34. The Morgan fingerprint density at radius 1 is 0.287 bits per heavy atom. The smallest absolute Gasteiger partial charge is 0.261 e. The van der Waals surface area contributed by atoms with Gasteiger partial charge in [-0.05, 0) is 48.5 Å². The number of imidazole rings is 4. The fraction of sp³-hybridized carbons (Fsp3) is 0.231. The van der Waals surface area contributed by atoms with E-state index in [1.54, 1.807) is 73.3 Å². The van der Waals surface area contributed by atoms with Crippen LogP contribution in [0.25, 0.3) is 21.5 Å². The summed E-state index contributed by atoms with van der Waals surface area (Å²) in [5.74, 6) is -3.21. The van der Waals surface area contributed by atoms with Gasteiger partial charge >= 0.3 is 0 Å². The molecule has 0 radical (unpaired) electrons. The Hall–Kier alpha value is -7.44. The van der Waals surface area contributed by atoms with Crippen LogP contribution in [0.3, 0.4) is 0 Å². The van der Waals surface area contributed by atoms with Crippen molar-refractivity contribution in [3.63, 3.8) is 0 Å². The topological polar surface area (TPSA) is 354 Å². The average Bonchev–Trinajstić information content (AvgIpc) is 4.27. The number of hydrogen-bond donors (Lipinski definition) is 4. The minimum Gasteiger partial charge on any atom is -1.00 e. The minimum absolute atomic E-state index is 0. The van der Waals surface area contributed by atoms with E-state index in [1.165, 1.54) is 19.6 Å². The SMILES string of the molecule is O.O.O.O.O=C1c2ccc3c4c(ccc(c24)C(=O)N1CCC[n+]1cc[nH]c1)C(=O)N(CCC[n+]1cc[nH]c1)C3=O.O=C1c2ccc3c4c(ccc(c24)C(=O)N1CCC[n+]1cc[nH]c1)C(=O)N(CCC[n+]1cc[nH]c1)C3=O.[Br-].[Br-].[Br-].[Br-]. The van der Waals surface area contributed by atoms with Gasteiger partial charge in [0.05, 0.1) is 26.2 Å². The number of halogens is 4. The number of carbonyl (C=O) groups is 8. The van der Waals surface area contributed by atoms with Gasteiger partial charge in [-0.3, -0.25) is 77.9 Å². The van der Waals surface area contributed by atoms with E-state index in [0.29, 0.717) is 118 Å². The zero-order chi connectivity index (χ0) is 49.6. The molecule has 8 amide bonds. The lowest BCUT2D eigenvalue weighted by Gasteiger charge is -2.31. The molecule has 4 aromatic carbocycles. The second kappa shape index (κ2) is 28.1. The molecule has 12 rings (SSSR count).